The highest BCUT2D eigenvalue weighted by Crippen LogP contribution is 2.45. The minimum absolute atomic E-state index is 0.0826. The number of anilines is 1. The molecule has 160 valence electrons. The van der Waals surface area contributed by atoms with Crippen molar-refractivity contribution in [3.63, 3.8) is 0 Å². The number of hydrogen-bond acceptors (Lipinski definition) is 6. The fraction of sp³-hybridized carbons (Fsp3) is 0.818. The summed E-state index contributed by atoms with van der Waals surface area (Å²) in [6.45, 7) is 12.3. The minimum atomic E-state index is 0.0826. The lowest BCUT2D eigenvalue weighted by Gasteiger charge is -2.42. The number of morpholine rings is 1. The molecule has 1 unspecified atom stereocenters. The summed E-state index contributed by atoms with van der Waals surface area (Å²) in [5.41, 5.74) is 2.25. The molecular weight excluding hydrogens is 366 g/mol. The Morgan fingerprint density at radius 1 is 1.10 bits per heavy atom. The van der Waals surface area contributed by atoms with Gasteiger partial charge < -0.3 is 9.64 Å². The standard InChI is InChI=1S/C22H35N5O2/c1-16(2)27-8-4-17(15-27)25-9-6-22(7-10-25)5-3-18-19(22)23-21(24-20(18)28)26-11-13-29-14-12-26/h16-17H,3-15H2,1-2H3,(H,23,24,28). The second-order valence-electron chi connectivity index (χ2n) is 9.66. The van der Waals surface area contributed by atoms with Gasteiger partial charge >= 0.3 is 0 Å². The molecule has 0 aromatic carbocycles. The lowest BCUT2D eigenvalue weighted by Crippen LogP contribution is -2.48. The van der Waals surface area contributed by atoms with E-state index >= 15 is 0 Å². The Bertz CT molecular complexity index is 793. The van der Waals surface area contributed by atoms with Crippen molar-refractivity contribution in [3.05, 3.63) is 21.6 Å². The third-order valence-electron chi connectivity index (χ3n) is 7.87. The van der Waals surface area contributed by atoms with E-state index in [0.717, 1.165) is 69.1 Å². The van der Waals surface area contributed by atoms with Crippen LogP contribution in [0, 0.1) is 0 Å². The molecule has 1 aromatic heterocycles. The molecule has 1 N–H and O–H groups in total. The van der Waals surface area contributed by atoms with Crippen molar-refractivity contribution in [1.82, 2.24) is 19.8 Å². The van der Waals surface area contributed by atoms with E-state index < -0.39 is 0 Å². The van der Waals surface area contributed by atoms with Gasteiger partial charge in [-0.3, -0.25) is 19.6 Å². The van der Waals surface area contributed by atoms with Crippen LogP contribution in [0.15, 0.2) is 4.79 Å². The third kappa shape index (κ3) is 3.51. The van der Waals surface area contributed by atoms with Crippen molar-refractivity contribution in [3.8, 4) is 0 Å². The number of likely N-dealkylation sites (tertiary alicyclic amines) is 2. The number of nitrogens with one attached hydrogen (secondary N) is 1. The van der Waals surface area contributed by atoms with Gasteiger partial charge in [0, 0.05) is 49.2 Å². The summed E-state index contributed by atoms with van der Waals surface area (Å²) in [5, 5.41) is 0. The maximum atomic E-state index is 12.8. The summed E-state index contributed by atoms with van der Waals surface area (Å²) in [4.78, 5) is 28.4. The number of nitrogens with zero attached hydrogens (tertiary/aromatic N) is 4. The monoisotopic (exact) mass is 401 g/mol. The minimum Gasteiger partial charge on any atom is -0.378 e. The van der Waals surface area contributed by atoms with Crippen LogP contribution in [-0.4, -0.2) is 84.3 Å². The zero-order chi connectivity index (χ0) is 20.0. The van der Waals surface area contributed by atoms with Gasteiger partial charge in [0.05, 0.1) is 18.9 Å². The van der Waals surface area contributed by atoms with Crippen LogP contribution in [0.3, 0.4) is 0 Å². The molecule has 7 nitrogen and oxygen atoms in total. The van der Waals surface area contributed by atoms with Crippen molar-refractivity contribution in [2.75, 3.05) is 57.4 Å². The number of piperidine rings is 1. The summed E-state index contributed by atoms with van der Waals surface area (Å²) in [6.07, 6.45) is 5.53. The fourth-order valence-electron chi connectivity index (χ4n) is 5.90. The molecule has 0 bridgehead atoms. The van der Waals surface area contributed by atoms with Crippen LogP contribution in [0.5, 0.6) is 0 Å². The topological polar surface area (TPSA) is 64.7 Å². The average molecular weight is 402 g/mol. The molecule has 3 aliphatic heterocycles. The van der Waals surface area contributed by atoms with E-state index in [1.54, 1.807) is 0 Å². The first kappa shape index (κ1) is 19.5. The van der Waals surface area contributed by atoms with E-state index in [1.165, 1.54) is 19.5 Å². The van der Waals surface area contributed by atoms with Crippen LogP contribution in [0.1, 0.15) is 50.8 Å². The summed E-state index contributed by atoms with van der Waals surface area (Å²) >= 11 is 0. The quantitative estimate of drug-likeness (QED) is 0.825. The number of ether oxygens (including phenoxy) is 1. The zero-order valence-corrected chi connectivity index (χ0v) is 18.0. The predicted octanol–water partition coefficient (Wildman–Crippen LogP) is 1.37. The van der Waals surface area contributed by atoms with Gasteiger partial charge in [0.25, 0.3) is 5.56 Å². The molecule has 7 heteroatoms. The second kappa shape index (κ2) is 7.67. The van der Waals surface area contributed by atoms with Gasteiger partial charge in [-0.1, -0.05) is 0 Å². The van der Waals surface area contributed by atoms with Crippen LogP contribution in [0.2, 0.25) is 0 Å². The maximum Gasteiger partial charge on any atom is 0.255 e. The number of hydrogen-bond donors (Lipinski definition) is 1. The molecule has 3 saturated heterocycles. The Hall–Kier alpha value is -1.44. The summed E-state index contributed by atoms with van der Waals surface area (Å²) in [7, 11) is 0. The number of aromatic amines is 1. The van der Waals surface area contributed by atoms with E-state index in [9.17, 15) is 4.79 Å². The first-order valence-corrected chi connectivity index (χ1v) is 11.5. The average Bonchev–Trinajstić information content (AvgIpc) is 3.36. The molecule has 0 amide bonds. The number of rotatable bonds is 3. The van der Waals surface area contributed by atoms with E-state index in [2.05, 4.69) is 33.5 Å². The molecule has 1 aliphatic carbocycles. The van der Waals surface area contributed by atoms with Crippen LogP contribution >= 0.6 is 0 Å². The smallest absolute Gasteiger partial charge is 0.255 e. The van der Waals surface area contributed by atoms with Crippen LogP contribution in [0.4, 0.5) is 5.95 Å². The van der Waals surface area contributed by atoms with Gasteiger partial charge in [-0.15, -0.1) is 0 Å². The molecule has 1 spiro atoms. The number of fused-ring (bicyclic) bond motifs is 2. The lowest BCUT2D eigenvalue weighted by atomic mass is 9.76. The van der Waals surface area contributed by atoms with Crippen LogP contribution in [0.25, 0.3) is 0 Å². The van der Waals surface area contributed by atoms with E-state index in [1.807, 2.05) is 0 Å². The molecule has 4 aliphatic rings. The Balaban J connectivity index is 1.33. The SMILES string of the molecule is CC(C)N1CCC(N2CCC3(CCc4c3nc(N3CCOCC3)[nH]c4=O)CC2)C1. The molecule has 0 radical (unpaired) electrons. The van der Waals surface area contributed by atoms with Crippen molar-refractivity contribution in [1.29, 1.82) is 0 Å². The summed E-state index contributed by atoms with van der Waals surface area (Å²) in [5.74, 6) is 0.754. The van der Waals surface area contributed by atoms with Crippen LogP contribution in [-0.2, 0) is 16.6 Å². The molecule has 4 heterocycles. The van der Waals surface area contributed by atoms with Gasteiger partial charge in [0.1, 0.15) is 0 Å². The van der Waals surface area contributed by atoms with Crippen molar-refractivity contribution < 1.29 is 4.74 Å². The molecule has 29 heavy (non-hydrogen) atoms. The van der Waals surface area contributed by atoms with Gasteiger partial charge in [-0.2, -0.15) is 0 Å². The number of aromatic nitrogens is 2. The molecule has 1 aromatic rings. The van der Waals surface area contributed by atoms with Gasteiger partial charge in [0.15, 0.2) is 0 Å². The summed E-state index contributed by atoms with van der Waals surface area (Å²) < 4.78 is 5.47. The largest absolute Gasteiger partial charge is 0.378 e. The Morgan fingerprint density at radius 3 is 2.55 bits per heavy atom. The highest BCUT2D eigenvalue weighted by atomic mass is 16.5. The fourth-order valence-corrected chi connectivity index (χ4v) is 5.90. The first-order chi connectivity index (χ1) is 14.1. The third-order valence-corrected chi connectivity index (χ3v) is 7.87. The van der Waals surface area contributed by atoms with E-state index in [0.29, 0.717) is 25.3 Å². The normalized spacial score (nSPS) is 27.8. The van der Waals surface area contributed by atoms with Crippen molar-refractivity contribution >= 4 is 5.95 Å². The first-order valence-electron chi connectivity index (χ1n) is 11.5. The van der Waals surface area contributed by atoms with Crippen molar-refractivity contribution in [2.24, 2.45) is 0 Å². The Labute approximate surface area is 173 Å². The molecular formula is C22H35N5O2. The van der Waals surface area contributed by atoms with E-state index in [4.69, 9.17) is 9.72 Å². The molecule has 1 atom stereocenters. The van der Waals surface area contributed by atoms with Gasteiger partial charge in [0.2, 0.25) is 5.95 Å². The van der Waals surface area contributed by atoms with Crippen LogP contribution < -0.4 is 10.5 Å². The molecule has 0 saturated carbocycles. The summed E-state index contributed by atoms with van der Waals surface area (Å²) in [6, 6.07) is 1.35. The zero-order valence-electron chi connectivity index (χ0n) is 18.0. The predicted molar refractivity (Wildman–Crippen MR) is 114 cm³/mol. The van der Waals surface area contributed by atoms with Crippen molar-refractivity contribution in [2.45, 2.75) is 63.5 Å². The number of H-pyrrole nitrogens is 1. The molecule has 3 fully saturated rings. The van der Waals surface area contributed by atoms with Gasteiger partial charge in [-0.25, -0.2) is 4.98 Å². The highest BCUT2D eigenvalue weighted by molar-refractivity contribution is 5.40. The van der Waals surface area contributed by atoms with E-state index in [-0.39, 0.29) is 11.0 Å². The maximum absolute atomic E-state index is 12.8. The second-order valence-corrected chi connectivity index (χ2v) is 9.66. The highest BCUT2D eigenvalue weighted by Gasteiger charge is 2.45. The lowest BCUT2D eigenvalue weighted by molar-refractivity contribution is 0.111. The van der Waals surface area contributed by atoms with Gasteiger partial charge in [-0.05, 0) is 59.0 Å². The Kier molecular flexibility index (Phi) is 5.16. The molecule has 5 rings (SSSR count). The Morgan fingerprint density at radius 2 is 1.86 bits per heavy atom.